The Morgan fingerprint density at radius 2 is 2.06 bits per heavy atom. The minimum absolute atomic E-state index is 0.429. The van der Waals surface area contributed by atoms with Gasteiger partial charge in [0.05, 0.1) is 10.6 Å². The van der Waals surface area contributed by atoms with Crippen LogP contribution in [0.2, 0.25) is 0 Å². The van der Waals surface area contributed by atoms with E-state index in [0.717, 1.165) is 21.4 Å². The molecule has 1 aromatic heterocycles. The maximum absolute atomic E-state index is 10.0. The Morgan fingerprint density at radius 3 is 2.72 bits per heavy atom. The van der Waals surface area contributed by atoms with Crippen molar-refractivity contribution in [3.8, 4) is 0 Å². The summed E-state index contributed by atoms with van der Waals surface area (Å²) >= 11 is 3.45. The molecule has 1 aromatic carbocycles. The standard InChI is InChI=1S/C14H15BrN2O/c1-10-7-12(15)14(16-8-10)17-9-13(18)11-5-3-2-4-6-11/h2-8,13,18H,9H2,1H3,(H,16,17). The molecule has 0 radical (unpaired) electrons. The van der Waals surface area contributed by atoms with Crippen LogP contribution in [0, 0.1) is 6.92 Å². The third-order valence-corrected chi connectivity index (χ3v) is 3.23. The molecule has 1 heterocycles. The lowest BCUT2D eigenvalue weighted by molar-refractivity contribution is 0.191. The van der Waals surface area contributed by atoms with Crippen LogP contribution in [-0.2, 0) is 0 Å². The molecule has 0 fully saturated rings. The first-order valence-corrected chi connectivity index (χ1v) is 6.55. The number of pyridine rings is 1. The SMILES string of the molecule is Cc1cnc(NCC(O)c2ccccc2)c(Br)c1. The van der Waals surface area contributed by atoms with Gasteiger partial charge in [0.25, 0.3) is 0 Å². The maximum atomic E-state index is 10.0. The highest BCUT2D eigenvalue weighted by atomic mass is 79.9. The van der Waals surface area contributed by atoms with E-state index in [-0.39, 0.29) is 0 Å². The van der Waals surface area contributed by atoms with Gasteiger partial charge in [-0.2, -0.15) is 0 Å². The maximum Gasteiger partial charge on any atom is 0.140 e. The molecule has 0 bridgehead atoms. The predicted octanol–water partition coefficient (Wildman–Crippen LogP) is 3.30. The smallest absolute Gasteiger partial charge is 0.140 e. The van der Waals surface area contributed by atoms with Gasteiger partial charge < -0.3 is 10.4 Å². The van der Waals surface area contributed by atoms with Gasteiger partial charge >= 0.3 is 0 Å². The minimum Gasteiger partial charge on any atom is -0.387 e. The number of halogens is 1. The average Bonchev–Trinajstić information content (AvgIpc) is 2.38. The van der Waals surface area contributed by atoms with Crippen molar-refractivity contribution in [3.63, 3.8) is 0 Å². The molecule has 0 amide bonds. The van der Waals surface area contributed by atoms with E-state index in [0.29, 0.717) is 6.54 Å². The van der Waals surface area contributed by atoms with Crippen molar-refractivity contribution in [2.75, 3.05) is 11.9 Å². The number of hydrogen-bond donors (Lipinski definition) is 2. The van der Waals surface area contributed by atoms with Crippen LogP contribution in [0.1, 0.15) is 17.2 Å². The van der Waals surface area contributed by atoms with Crippen molar-refractivity contribution in [2.45, 2.75) is 13.0 Å². The van der Waals surface area contributed by atoms with Gasteiger partial charge in [-0.25, -0.2) is 4.98 Å². The van der Waals surface area contributed by atoms with Crippen molar-refractivity contribution >= 4 is 21.7 Å². The molecule has 2 rings (SSSR count). The third-order valence-electron chi connectivity index (χ3n) is 2.63. The molecule has 0 spiro atoms. The zero-order valence-electron chi connectivity index (χ0n) is 10.1. The highest BCUT2D eigenvalue weighted by molar-refractivity contribution is 9.10. The summed E-state index contributed by atoms with van der Waals surface area (Å²) in [6.07, 6.45) is 1.25. The molecule has 0 saturated carbocycles. The Bertz CT molecular complexity index is 516. The van der Waals surface area contributed by atoms with E-state index in [2.05, 4.69) is 26.2 Å². The Balaban J connectivity index is 1.99. The summed E-state index contributed by atoms with van der Waals surface area (Å²) in [5, 5.41) is 13.2. The van der Waals surface area contributed by atoms with Gasteiger partial charge in [-0.3, -0.25) is 0 Å². The van der Waals surface area contributed by atoms with Gasteiger partial charge in [-0.1, -0.05) is 30.3 Å². The number of nitrogens with one attached hydrogen (secondary N) is 1. The molecule has 2 N–H and O–H groups in total. The first-order valence-electron chi connectivity index (χ1n) is 5.76. The van der Waals surface area contributed by atoms with E-state index in [1.807, 2.05) is 43.3 Å². The molecular formula is C14H15BrN2O. The Kier molecular flexibility index (Phi) is 4.33. The monoisotopic (exact) mass is 306 g/mol. The zero-order valence-corrected chi connectivity index (χ0v) is 11.7. The fourth-order valence-electron chi connectivity index (χ4n) is 1.65. The van der Waals surface area contributed by atoms with E-state index in [1.54, 1.807) is 6.20 Å². The highest BCUT2D eigenvalue weighted by Gasteiger charge is 2.08. The summed E-state index contributed by atoms with van der Waals surface area (Å²) in [4.78, 5) is 4.27. The van der Waals surface area contributed by atoms with Crippen LogP contribution < -0.4 is 5.32 Å². The zero-order chi connectivity index (χ0) is 13.0. The van der Waals surface area contributed by atoms with Crippen LogP contribution in [0.15, 0.2) is 47.1 Å². The normalized spacial score (nSPS) is 12.2. The van der Waals surface area contributed by atoms with Crippen LogP contribution >= 0.6 is 15.9 Å². The van der Waals surface area contributed by atoms with Crippen LogP contribution in [0.4, 0.5) is 5.82 Å². The van der Waals surface area contributed by atoms with Crippen LogP contribution in [-0.4, -0.2) is 16.6 Å². The number of hydrogen-bond acceptors (Lipinski definition) is 3. The summed E-state index contributed by atoms with van der Waals surface area (Å²) < 4.78 is 0.905. The second-order valence-corrected chi connectivity index (χ2v) is 5.00. The minimum atomic E-state index is -0.541. The number of benzene rings is 1. The summed E-state index contributed by atoms with van der Waals surface area (Å²) in [7, 11) is 0. The fourth-order valence-corrected chi connectivity index (χ4v) is 2.25. The van der Waals surface area contributed by atoms with Gasteiger partial charge in [0.2, 0.25) is 0 Å². The van der Waals surface area contributed by atoms with Crippen LogP contribution in [0.5, 0.6) is 0 Å². The molecule has 1 atom stereocenters. The molecule has 0 aliphatic heterocycles. The second-order valence-electron chi connectivity index (χ2n) is 4.15. The Labute approximate surface area is 115 Å². The van der Waals surface area contributed by atoms with Crippen molar-refractivity contribution in [1.29, 1.82) is 0 Å². The lowest BCUT2D eigenvalue weighted by Crippen LogP contribution is -2.13. The number of aliphatic hydroxyl groups is 1. The quantitative estimate of drug-likeness (QED) is 0.911. The first kappa shape index (κ1) is 13.1. The summed E-state index contributed by atoms with van der Waals surface area (Å²) in [5.74, 6) is 0.746. The van der Waals surface area contributed by atoms with E-state index in [4.69, 9.17) is 0 Å². The molecule has 94 valence electrons. The molecule has 1 unspecified atom stereocenters. The van der Waals surface area contributed by atoms with E-state index < -0.39 is 6.10 Å². The number of rotatable bonds is 4. The molecule has 0 aliphatic rings. The predicted molar refractivity (Wildman–Crippen MR) is 76.6 cm³/mol. The topological polar surface area (TPSA) is 45.2 Å². The van der Waals surface area contributed by atoms with E-state index >= 15 is 0 Å². The molecule has 3 nitrogen and oxygen atoms in total. The van der Waals surface area contributed by atoms with Gasteiger partial charge in [0.1, 0.15) is 5.82 Å². The van der Waals surface area contributed by atoms with E-state index in [9.17, 15) is 5.11 Å². The lowest BCUT2D eigenvalue weighted by Gasteiger charge is -2.13. The number of nitrogens with zero attached hydrogens (tertiary/aromatic N) is 1. The summed E-state index contributed by atoms with van der Waals surface area (Å²) in [6.45, 7) is 2.42. The van der Waals surface area contributed by atoms with Gasteiger partial charge in [0, 0.05) is 12.7 Å². The number of aromatic nitrogens is 1. The van der Waals surface area contributed by atoms with Crippen molar-refractivity contribution in [3.05, 3.63) is 58.2 Å². The average molecular weight is 307 g/mol. The molecule has 0 aliphatic carbocycles. The van der Waals surface area contributed by atoms with Crippen LogP contribution in [0.25, 0.3) is 0 Å². The molecule has 18 heavy (non-hydrogen) atoms. The number of aryl methyl sites for hydroxylation is 1. The van der Waals surface area contributed by atoms with Crippen molar-refractivity contribution < 1.29 is 5.11 Å². The first-order chi connectivity index (χ1) is 8.66. The summed E-state index contributed by atoms with van der Waals surface area (Å²) in [6, 6.07) is 11.6. The largest absolute Gasteiger partial charge is 0.387 e. The fraction of sp³-hybridized carbons (Fsp3) is 0.214. The van der Waals surface area contributed by atoms with Gasteiger partial charge in [-0.05, 0) is 40.0 Å². The van der Waals surface area contributed by atoms with Crippen LogP contribution in [0.3, 0.4) is 0 Å². The van der Waals surface area contributed by atoms with E-state index in [1.165, 1.54) is 0 Å². The Morgan fingerprint density at radius 1 is 1.33 bits per heavy atom. The molecular weight excluding hydrogens is 292 g/mol. The van der Waals surface area contributed by atoms with Crippen molar-refractivity contribution in [1.82, 2.24) is 4.98 Å². The molecule has 2 aromatic rings. The van der Waals surface area contributed by atoms with Gasteiger partial charge in [0.15, 0.2) is 0 Å². The highest BCUT2D eigenvalue weighted by Crippen LogP contribution is 2.21. The lowest BCUT2D eigenvalue weighted by atomic mass is 10.1. The molecule has 0 saturated heterocycles. The third kappa shape index (κ3) is 3.31. The Hall–Kier alpha value is -1.39. The van der Waals surface area contributed by atoms with Crippen molar-refractivity contribution in [2.24, 2.45) is 0 Å². The second kappa shape index (κ2) is 5.98. The summed E-state index contributed by atoms with van der Waals surface area (Å²) in [5.41, 5.74) is 1.99. The van der Waals surface area contributed by atoms with Gasteiger partial charge in [-0.15, -0.1) is 0 Å². The molecule has 4 heteroatoms. The number of aliphatic hydroxyl groups excluding tert-OH is 1. The number of anilines is 1.